The molecule has 3 N–H and O–H groups in total. The average Bonchev–Trinajstić information content (AvgIpc) is 2.56. The molecule has 0 heterocycles. The zero-order chi connectivity index (χ0) is 20.1. The van der Waals surface area contributed by atoms with E-state index in [4.69, 9.17) is 10.5 Å². The Morgan fingerprint density at radius 3 is 1.81 bits per heavy atom. The Morgan fingerprint density at radius 1 is 1.07 bits per heavy atom. The van der Waals surface area contributed by atoms with Crippen molar-refractivity contribution in [2.24, 2.45) is 5.73 Å². The van der Waals surface area contributed by atoms with E-state index in [1.54, 1.807) is 23.5 Å². The van der Waals surface area contributed by atoms with Gasteiger partial charge >= 0.3 is 5.97 Å². The van der Waals surface area contributed by atoms with Crippen LogP contribution in [0.4, 0.5) is 0 Å². The number of hydrogen-bond donors (Lipinski definition) is 2. The van der Waals surface area contributed by atoms with Crippen molar-refractivity contribution in [3.8, 4) is 0 Å². The molecule has 0 saturated carbocycles. The van der Waals surface area contributed by atoms with Gasteiger partial charge < -0.3 is 29.6 Å². The molecule has 9 heteroatoms. The minimum absolute atomic E-state index is 0. The first-order valence-electron chi connectivity index (χ1n) is 7.88. The first-order chi connectivity index (χ1) is 11.7. The maximum atomic E-state index is 10.5. The van der Waals surface area contributed by atoms with Gasteiger partial charge in [0.1, 0.15) is 5.60 Å². The van der Waals surface area contributed by atoms with Gasteiger partial charge in [-0.1, -0.05) is 13.2 Å². The van der Waals surface area contributed by atoms with Crippen LogP contribution in [-0.4, -0.2) is 53.6 Å². The second-order valence-electron chi connectivity index (χ2n) is 5.25. The predicted molar refractivity (Wildman–Crippen MR) is 114 cm³/mol. The van der Waals surface area contributed by atoms with E-state index < -0.39 is 5.60 Å². The molecule has 0 radical (unpaired) electrons. The largest absolute Gasteiger partial charge is 0.457 e. The first-order valence-corrected chi connectivity index (χ1v) is 10.2. The summed E-state index contributed by atoms with van der Waals surface area (Å²) in [5.74, 6) is 3.28. The van der Waals surface area contributed by atoms with Gasteiger partial charge in [-0.2, -0.15) is 23.5 Å². The molecular weight excluding hydrogens is 890 g/mol. The van der Waals surface area contributed by atoms with Crippen molar-refractivity contribution in [1.29, 1.82) is 0 Å². The van der Waals surface area contributed by atoms with Crippen LogP contribution in [0.5, 0.6) is 0 Å². The minimum Gasteiger partial charge on any atom is -0.457 e. The predicted octanol–water partition coefficient (Wildman–Crippen LogP) is 2.88. The Kier molecular flexibility index (Phi) is 33.0. The monoisotopic (exact) mass is 924 g/mol. The number of esters is 1. The Hall–Kier alpha value is -2.92. The van der Waals surface area contributed by atoms with Crippen molar-refractivity contribution in [2.75, 3.05) is 36.1 Å². The smallest absolute Gasteiger partial charge is 0.330 e. The third-order valence-electron chi connectivity index (χ3n) is 1.86. The van der Waals surface area contributed by atoms with Gasteiger partial charge in [0, 0.05) is 30.7 Å². The summed E-state index contributed by atoms with van der Waals surface area (Å²) in [4.78, 5) is 21.0. The van der Waals surface area contributed by atoms with Crippen LogP contribution in [0.3, 0.4) is 0 Å². The molecule has 0 atom stereocenters. The summed E-state index contributed by atoms with van der Waals surface area (Å²) in [6.07, 6.45) is 2.43. The van der Waals surface area contributed by atoms with Gasteiger partial charge in [-0.15, -0.1) is 11.5 Å². The maximum Gasteiger partial charge on any atom is 0.330 e. The molecule has 0 bridgehead atoms. The van der Waals surface area contributed by atoms with Crippen molar-refractivity contribution in [3.63, 3.8) is 0 Å². The molecule has 0 fully saturated rings. The van der Waals surface area contributed by atoms with E-state index in [1.165, 1.54) is 6.08 Å². The van der Waals surface area contributed by atoms with E-state index in [2.05, 4.69) is 32.3 Å². The van der Waals surface area contributed by atoms with Crippen LogP contribution in [0.15, 0.2) is 25.3 Å². The van der Waals surface area contributed by atoms with Crippen molar-refractivity contribution < 1.29 is 14.3 Å². The van der Waals surface area contributed by atoms with Gasteiger partial charge in [0.25, 0.3) is 0 Å². The standard InChI is InChI=1S/C7H12NOS.C7H12O2.C4H10NS.2Rf/c1-3-7(9)8-5-6-10-4-2;1-5-6(8)9-7(2,3)4;1-2-6-4-3-5;;/h3H,1-2,4-6H2,(H,8,9);5H,1H2,2-4H3;1-5H2;;/q-1;;-1;;. The Bertz CT molecular complexity index is 363. The van der Waals surface area contributed by atoms with Gasteiger partial charge in [0.2, 0.25) is 5.91 Å². The van der Waals surface area contributed by atoms with Crippen molar-refractivity contribution in [3.05, 3.63) is 39.2 Å². The second-order valence-corrected chi connectivity index (χ2v) is 7.70. The zero-order valence-electron chi connectivity index (χ0n) is 17.3. The number of thioether (sulfide) groups is 2. The normalized spacial score (nSPS) is 8.81. The number of nitrogens with two attached hydrogens (primary N) is 1. The average molecular weight is 925 g/mol. The summed E-state index contributed by atoms with van der Waals surface area (Å²) in [5, 5.41) is 2.66. The topological polar surface area (TPSA) is 81.4 Å². The molecule has 0 spiro atoms. The Labute approximate surface area is 162 Å². The molecule has 27 heavy (non-hydrogen) atoms. The van der Waals surface area contributed by atoms with Gasteiger partial charge in [0.15, 0.2) is 0 Å². The fraction of sp³-hybridized carbons (Fsp3) is 0.556. The fourth-order valence-corrected chi connectivity index (χ4v) is 1.77. The Balaban J connectivity index is -0.0000000889. The number of nitrogens with one attached hydrogen (secondary N) is 1. The quantitative estimate of drug-likeness (QED) is 0.161. The molecule has 0 saturated heterocycles. The van der Waals surface area contributed by atoms with Crippen LogP contribution in [0.25, 0.3) is 0 Å². The molecule has 0 aromatic rings. The van der Waals surface area contributed by atoms with E-state index >= 15 is 0 Å². The SMILES string of the molecule is C=CC(=O)NCCSC[CH2-].C=CC(=O)OC(C)(C)C.[CH2-]CSCCN.[Rf].[Rf]. The molecule has 0 rings (SSSR count). The third-order valence-corrected chi connectivity index (χ3v) is 3.45. The fourth-order valence-electron chi connectivity index (χ4n) is 0.949. The van der Waals surface area contributed by atoms with E-state index in [0.717, 1.165) is 35.6 Å². The van der Waals surface area contributed by atoms with E-state index in [-0.39, 0.29) is 11.9 Å². The molecule has 0 aliphatic heterocycles. The molecule has 1 amide bonds. The van der Waals surface area contributed by atoms with E-state index in [9.17, 15) is 9.59 Å². The minimum atomic E-state index is -0.398. The number of carbonyl (C=O) groups excluding carboxylic acids is 2. The van der Waals surface area contributed by atoms with Gasteiger partial charge in [-0.3, -0.25) is 4.79 Å². The molecule has 0 aliphatic rings. The Morgan fingerprint density at radius 2 is 1.56 bits per heavy atom. The number of rotatable bonds is 9. The summed E-state index contributed by atoms with van der Waals surface area (Å²) in [6.45, 7) is 20.8. The number of amides is 1. The second kappa shape index (κ2) is 25.3. The van der Waals surface area contributed by atoms with Crippen LogP contribution in [0, 0.1) is 13.8 Å². The summed E-state index contributed by atoms with van der Waals surface area (Å²) < 4.78 is 4.83. The van der Waals surface area contributed by atoms with Gasteiger partial charge in [0.05, 0.1) is 0 Å². The molecular formula is C18H34N2O3Rf2S2-2. The number of hydrogen-bond acceptors (Lipinski definition) is 6. The number of ether oxygens (including phenoxy) is 1. The van der Waals surface area contributed by atoms with Crippen molar-refractivity contribution in [2.45, 2.75) is 26.4 Å². The summed E-state index contributed by atoms with van der Waals surface area (Å²) in [7, 11) is 0. The molecule has 0 unspecified atom stereocenters. The number of carbonyl (C=O) groups is 2. The first kappa shape index (κ1) is 35.2. The van der Waals surface area contributed by atoms with E-state index in [0.29, 0.717) is 6.54 Å². The van der Waals surface area contributed by atoms with Crippen LogP contribution in [-0.2, 0) is 14.3 Å². The van der Waals surface area contributed by atoms with E-state index in [1.807, 2.05) is 20.8 Å². The van der Waals surface area contributed by atoms with Gasteiger partial charge in [-0.25, -0.2) is 4.79 Å². The summed E-state index contributed by atoms with van der Waals surface area (Å²) >= 11 is 3.47. The summed E-state index contributed by atoms with van der Waals surface area (Å²) in [5.41, 5.74) is 4.77. The molecule has 152 valence electrons. The van der Waals surface area contributed by atoms with Gasteiger partial charge in [-0.05, 0) is 26.8 Å². The molecule has 0 aromatic heterocycles. The molecule has 0 aliphatic carbocycles. The third kappa shape index (κ3) is 45.1. The van der Waals surface area contributed by atoms with Crippen molar-refractivity contribution >= 4 is 35.4 Å². The summed E-state index contributed by atoms with van der Waals surface area (Å²) in [6, 6.07) is 0. The van der Waals surface area contributed by atoms with Crippen LogP contribution < -0.4 is 11.1 Å². The molecule has 0 aromatic carbocycles. The zero-order valence-corrected chi connectivity index (χ0v) is 31.7. The maximum absolute atomic E-state index is 10.5. The van der Waals surface area contributed by atoms with Crippen LogP contribution in [0.2, 0.25) is 0 Å². The van der Waals surface area contributed by atoms with Crippen LogP contribution >= 0.6 is 23.5 Å². The van der Waals surface area contributed by atoms with Crippen LogP contribution in [0.1, 0.15) is 20.8 Å². The molecule has 5 nitrogen and oxygen atoms in total. The van der Waals surface area contributed by atoms with Crippen molar-refractivity contribution in [1.82, 2.24) is 5.32 Å².